The van der Waals surface area contributed by atoms with E-state index in [1.54, 1.807) is 18.2 Å². The van der Waals surface area contributed by atoms with Crippen LogP contribution in [0.15, 0.2) is 18.2 Å². The van der Waals surface area contributed by atoms with Gasteiger partial charge in [0.15, 0.2) is 0 Å². The van der Waals surface area contributed by atoms with Gasteiger partial charge in [-0.3, -0.25) is 4.98 Å². The van der Waals surface area contributed by atoms with Crippen molar-refractivity contribution in [3.63, 3.8) is 0 Å². The van der Waals surface area contributed by atoms with Crippen molar-refractivity contribution in [2.75, 3.05) is 0 Å². The number of carboxylic acid groups (broad SMARTS) is 1. The van der Waals surface area contributed by atoms with Crippen molar-refractivity contribution < 1.29 is 9.90 Å². The van der Waals surface area contributed by atoms with Crippen molar-refractivity contribution >= 4 is 28.5 Å². The van der Waals surface area contributed by atoms with Crippen molar-refractivity contribution in [2.45, 2.75) is 25.7 Å². The molecule has 2 aromatic rings. The van der Waals surface area contributed by atoms with E-state index in [4.69, 9.17) is 11.6 Å². The fourth-order valence-electron chi connectivity index (χ4n) is 2.19. The van der Waals surface area contributed by atoms with Crippen LogP contribution in [0.3, 0.4) is 0 Å². The second-order valence-electron chi connectivity index (χ2n) is 4.74. The van der Waals surface area contributed by atoms with Crippen molar-refractivity contribution in [1.82, 2.24) is 4.98 Å². The summed E-state index contributed by atoms with van der Waals surface area (Å²) in [4.78, 5) is 15.9. The largest absolute Gasteiger partial charge is 0.478 e. The molecule has 0 spiro atoms. The molecule has 0 saturated heterocycles. The topological polar surface area (TPSA) is 50.2 Å². The Morgan fingerprint density at radius 3 is 2.78 bits per heavy atom. The minimum Gasteiger partial charge on any atom is -0.478 e. The van der Waals surface area contributed by atoms with Gasteiger partial charge in [-0.15, -0.1) is 0 Å². The molecule has 0 amide bonds. The Morgan fingerprint density at radius 2 is 2.17 bits per heavy atom. The van der Waals surface area contributed by atoms with Gasteiger partial charge in [-0.1, -0.05) is 17.7 Å². The molecule has 0 bridgehead atoms. The number of benzene rings is 1. The number of fused-ring (bicyclic) bond motifs is 1. The van der Waals surface area contributed by atoms with E-state index in [2.05, 4.69) is 4.98 Å². The molecule has 1 heterocycles. The first-order chi connectivity index (χ1) is 8.58. The fraction of sp³-hybridized carbons (Fsp3) is 0.286. The Balaban J connectivity index is 2.37. The molecule has 0 aliphatic heterocycles. The molecule has 3 rings (SSSR count). The van der Waals surface area contributed by atoms with Gasteiger partial charge in [0.2, 0.25) is 0 Å². The van der Waals surface area contributed by atoms with Crippen LogP contribution in [0.1, 0.15) is 40.4 Å². The highest BCUT2D eigenvalue weighted by Crippen LogP contribution is 2.40. The van der Waals surface area contributed by atoms with Crippen LogP contribution in [0.25, 0.3) is 10.9 Å². The van der Waals surface area contributed by atoms with E-state index < -0.39 is 5.97 Å². The summed E-state index contributed by atoms with van der Waals surface area (Å²) in [7, 11) is 0. The molecule has 1 fully saturated rings. The van der Waals surface area contributed by atoms with Crippen molar-refractivity contribution in [3.05, 3.63) is 40.0 Å². The number of nitrogens with zero attached hydrogens (tertiary/aromatic N) is 1. The minimum absolute atomic E-state index is 0.321. The first-order valence-electron chi connectivity index (χ1n) is 5.91. The first-order valence-corrected chi connectivity index (χ1v) is 6.29. The molecule has 4 heteroatoms. The molecule has 92 valence electrons. The summed E-state index contributed by atoms with van der Waals surface area (Å²) in [5, 5.41) is 10.6. The molecular weight excluding hydrogens is 250 g/mol. The van der Waals surface area contributed by atoms with Gasteiger partial charge in [0.25, 0.3) is 0 Å². The standard InChI is InChI=1S/C14H12ClNO2/c1-7-11(15)5-4-9-10(14(17)18)6-12(8-2-3-8)16-13(7)9/h4-6,8H,2-3H2,1H3,(H,17,18). The van der Waals surface area contributed by atoms with Crippen LogP contribution in [0.2, 0.25) is 5.02 Å². The average molecular weight is 262 g/mol. The lowest BCUT2D eigenvalue weighted by atomic mass is 10.0. The van der Waals surface area contributed by atoms with Gasteiger partial charge in [0, 0.05) is 22.0 Å². The molecule has 1 N–H and O–H groups in total. The van der Waals surface area contributed by atoms with Crippen LogP contribution < -0.4 is 0 Å². The Bertz CT molecular complexity index is 662. The van der Waals surface area contributed by atoms with Gasteiger partial charge in [-0.05, 0) is 37.5 Å². The van der Waals surface area contributed by atoms with Gasteiger partial charge in [-0.2, -0.15) is 0 Å². The number of aromatic nitrogens is 1. The van der Waals surface area contributed by atoms with Gasteiger partial charge >= 0.3 is 5.97 Å². The van der Waals surface area contributed by atoms with Crippen LogP contribution in [0.5, 0.6) is 0 Å². The quantitative estimate of drug-likeness (QED) is 0.895. The van der Waals surface area contributed by atoms with E-state index in [1.807, 2.05) is 6.92 Å². The molecule has 1 saturated carbocycles. The number of aryl methyl sites for hydroxylation is 1. The molecule has 0 radical (unpaired) electrons. The number of carboxylic acids is 1. The van der Waals surface area contributed by atoms with Crippen LogP contribution in [-0.4, -0.2) is 16.1 Å². The van der Waals surface area contributed by atoms with Crippen LogP contribution in [0, 0.1) is 6.92 Å². The maximum Gasteiger partial charge on any atom is 0.336 e. The average Bonchev–Trinajstić information content (AvgIpc) is 3.17. The third-order valence-corrected chi connectivity index (χ3v) is 3.82. The molecule has 1 aromatic heterocycles. The number of hydrogen-bond donors (Lipinski definition) is 1. The molecule has 1 aromatic carbocycles. The second-order valence-corrected chi connectivity index (χ2v) is 5.15. The molecule has 0 unspecified atom stereocenters. The summed E-state index contributed by atoms with van der Waals surface area (Å²) in [6, 6.07) is 5.16. The smallest absolute Gasteiger partial charge is 0.336 e. The first kappa shape index (κ1) is 11.5. The molecule has 1 aliphatic rings. The normalized spacial score (nSPS) is 15.0. The summed E-state index contributed by atoms with van der Waals surface area (Å²) in [5.41, 5.74) is 2.76. The van der Waals surface area contributed by atoms with E-state index in [1.165, 1.54) is 0 Å². The predicted molar refractivity (Wildman–Crippen MR) is 70.4 cm³/mol. The summed E-state index contributed by atoms with van der Waals surface area (Å²) in [6.07, 6.45) is 2.19. The van der Waals surface area contributed by atoms with Gasteiger partial charge in [0.05, 0.1) is 11.1 Å². The third kappa shape index (κ3) is 1.75. The van der Waals surface area contributed by atoms with E-state index >= 15 is 0 Å². The van der Waals surface area contributed by atoms with Gasteiger partial charge in [-0.25, -0.2) is 4.79 Å². The Hall–Kier alpha value is -1.61. The molecule has 1 aliphatic carbocycles. The summed E-state index contributed by atoms with van der Waals surface area (Å²) in [5.74, 6) is -0.489. The third-order valence-electron chi connectivity index (χ3n) is 3.41. The lowest BCUT2D eigenvalue weighted by Gasteiger charge is -2.09. The van der Waals surface area contributed by atoms with Crippen LogP contribution >= 0.6 is 11.6 Å². The number of pyridine rings is 1. The van der Waals surface area contributed by atoms with E-state index in [0.717, 1.165) is 24.1 Å². The molecular formula is C14H12ClNO2. The summed E-state index contributed by atoms with van der Waals surface area (Å²) in [6.45, 7) is 1.87. The van der Waals surface area contributed by atoms with E-state index in [0.29, 0.717) is 27.4 Å². The fourth-order valence-corrected chi connectivity index (χ4v) is 2.34. The van der Waals surface area contributed by atoms with Crippen molar-refractivity contribution in [2.24, 2.45) is 0 Å². The van der Waals surface area contributed by atoms with Crippen molar-refractivity contribution in [3.8, 4) is 0 Å². The highest BCUT2D eigenvalue weighted by molar-refractivity contribution is 6.32. The molecule has 0 atom stereocenters. The zero-order valence-electron chi connectivity index (χ0n) is 9.90. The monoisotopic (exact) mass is 261 g/mol. The number of rotatable bonds is 2. The highest BCUT2D eigenvalue weighted by Gasteiger charge is 2.27. The highest BCUT2D eigenvalue weighted by atomic mass is 35.5. The zero-order chi connectivity index (χ0) is 12.9. The van der Waals surface area contributed by atoms with Crippen LogP contribution in [0.4, 0.5) is 0 Å². The Morgan fingerprint density at radius 1 is 1.44 bits per heavy atom. The lowest BCUT2D eigenvalue weighted by molar-refractivity contribution is 0.0699. The summed E-state index contributed by atoms with van der Waals surface area (Å²) >= 11 is 6.08. The maximum absolute atomic E-state index is 11.3. The van der Waals surface area contributed by atoms with E-state index in [-0.39, 0.29) is 0 Å². The molecule has 18 heavy (non-hydrogen) atoms. The number of aromatic carboxylic acids is 1. The summed E-state index contributed by atoms with van der Waals surface area (Å²) < 4.78 is 0. The van der Waals surface area contributed by atoms with Gasteiger partial charge < -0.3 is 5.11 Å². The minimum atomic E-state index is -0.911. The number of halogens is 1. The Labute approximate surface area is 109 Å². The van der Waals surface area contributed by atoms with Crippen LogP contribution in [-0.2, 0) is 0 Å². The number of carbonyl (C=O) groups is 1. The van der Waals surface area contributed by atoms with Gasteiger partial charge in [0.1, 0.15) is 0 Å². The Kier molecular flexibility index (Phi) is 2.52. The van der Waals surface area contributed by atoms with E-state index in [9.17, 15) is 9.90 Å². The second kappa shape index (κ2) is 3.95. The lowest BCUT2D eigenvalue weighted by Crippen LogP contribution is -2.02. The predicted octanol–water partition coefficient (Wildman–Crippen LogP) is 3.77. The van der Waals surface area contributed by atoms with Crippen molar-refractivity contribution in [1.29, 1.82) is 0 Å². The number of hydrogen-bond acceptors (Lipinski definition) is 2. The SMILES string of the molecule is Cc1c(Cl)ccc2c(C(=O)O)cc(C3CC3)nc12. The molecule has 3 nitrogen and oxygen atoms in total. The zero-order valence-corrected chi connectivity index (χ0v) is 10.7. The maximum atomic E-state index is 11.3.